The van der Waals surface area contributed by atoms with Gasteiger partial charge in [-0.2, -0.15) is 0 Å². The molecule has 4 unspecified atom stereocenters. The van der Waals surface area contributed by atoms with Crippen molar-refractivity contribution in [1.29, 1.82) is 0 Å². The van der Waals surface area contributed by atoms with Crippen molar-refractivity contribution in [3.05, 3.63) is 35.9 Å². The zero-order valence-corrected chi connectivity index (χ0v) is 22.0. The Morgan fingerprint density at radius 3 is 1.95 bits per heavy atom. The molecular weight excluding hydrogens is 494 g/mol. The molecule has 0 aliphatic heterocycles. The van der Waals surface area contributed by atoms with Crippen LogP contribution < -0.4 is 27.4 Å². The van der Waals surface area contributed by atoms with Gasteiger partial charge in [0.15, 0.2) is 0 Å². The van der Waals surface area contributed by atoms with Gasteiger partial charge in [0.05, 0.1) is 6.04 Å². The molecule has 0 saturated carbocycles. The SMILES string of the molecule is CC(C)CC(NC(=O)C(CCC(=O)O)NC(=O)C(N)Cc1ccccc1)C(=O)NC(CCCCN)C(=O)O. The van der Waals surface area contributed by atoms with Crippen LogP contribution in [-0.4, -0.2) is 70.6 Å². The molecule has 1 aromatic rings. The maximum absolute atomic E-state index is 13.1. The summed E-state index contributed by atoms with van der Waals surface area (Å²) in [6, 6.07) is 4.53. The molecule has 4 atom stereocenters. The number of carboxylic acids is 2. The Morgan fingerprint density at radius 1 is 0.816 bits per heavy atom. The van der Waals surface area contributed by atoms with Crippen molar-refractivity contribution in [1.82, 2.24) is 16.0 Å². The first kappa shape index (κ1) is 32.5. The zero-order chi connectivity index (χ0) is 28.7. The predicted molar refractivity (Wildman–Crippen MR) is 141 cm³/mol. The Morgan fingerprint density at radius 2 is 1.39 bits per heavy atom. The number of benzene rings is 1. The Balaban J connectivity index is 2.97. The molecule has 0 bridgehead atoms. The quantitative estimate of drug-likeness (QED) is 0.127. The highest BCUT2D eigenvalue weighted by Crippen LogP contribution is 2.09. The molecule has 0 aliphatic carbocycles. The molecule has 1 rings (SSSR count). The number of nitrogens with one attached hydrogen (secondary N) is 3. The first-order chi connectivity index (χ1) is 17.9. The van der Waals surface area contributed by atoms with Gasteiger partial charge in [0.1, 0.15) is 18.1 Å². The summed E-state index contributed by atoms with van der Waals surface area (Å²) in [5, 5.41) is 26.1. The lowest BCUT2D eigenvalue weighted by Gasteiger charge is -2.26. The van der Waals surface area contributed by atoms with Crippen LogP contribution in [0.25, 0.3) is 0 Å². The monoisotopic (exact) mass is 535 g/mol. The molecule has 0 aliphatic rings. The van der Waals surface area contributed by atoms with Gasteiger partial charge in [-0.1, -0.05) is 44.2 Å². The van der Waals surface area contributed by atoms with Crippen LogP contribution in [0.1, 0.15) is 57.9 Å². The average molecular weight is 536 g/mol. The summed E-state index contributed by atoms with van der Waals surface area (Å²) in [7, 11) is 0. The smallest absolute Gasteiger partial charge is 0.326 e. The van der Waals surface area contributed by atoms with Crippen LogP contribution in [-0.2, 0) is 30.4 Å². The summed E-state index contributed by atoms with van der Waals surface area (Å²) in [6.45, 7) is 4.05. The molecule has 0 radical (unpaired) electrons. The van der Waals surface area contributed by atoms with Crippen molar-refractivity contribution in [2.45, 2.75) is 83.0 Å². The summed E-state index contributed by atoms with van der Waals surface area (Å²) >= 11 is 0. The van der Waals surface area contributed by atoms with Gasteiger partial charge in [-0.25, -0.2) is 4.79 Å². The third-order valence-corrected chi connectivity index (χ3v) is 5.82. The van der Waals surface area contributed by atoms with E-state index >= 15 is 0 Å². The van der Waals surface area contributed by atoms with Crippen LogP contribution in [0.3, 0.4) is 0 Å². The highest BCUT2D eigenvalue weighted by molar-refractivity contribution is 5.94. The van der Waals surface area contributed by atoms with E-state index in [1.807, 2.05) is 19.9 Å². The van der Waals surface area contributed by atoms with Gasteiger partial charge >= 0.3 is 11.9 Å². The van der Waals surface area contributed by atoms with Crippen molar-refractivity contribution < 1.29 is 34.2 Å². The molecule has 0 aromatic heterocycles. The number of hydrogen-bond donors (Lipinski definition) is 7. The highest BCUT2D eigenvalue weighted by atomic mass is 16.4. The van der Waals surface area contributed by atoms with Crippen LogP contribution in [0.2, 0.25) is 0 Å². The average Bonchev–Trinajstić information content (AvgIpc) is 2.85. The maximum atomic E-state index is 13.1. The topological polar surface area (TPSA) is 214 Å². The third-order valence-electron chi connectivity index (χ3n) is 5.82. The number of carbonyl (C=O) groups excluding carboxylic acids is 3. The Kier molecular flexibility index (Phi) is 14.6. The standard InChI is InChI=1S/C26H41N5O7/c1-16(2)14-21(25(36)30-20(26(37)38)10-6-7-13-27)31-24(35)19(11-12-22(32)33)29-23(34)18(28)15-17-8-4-3-5-9-17/h3-5,8-9,16,18-21H,6-7,10-15,27-28H2,1-2H3,(H,29,34)(H,30,36)(H,31,35)(H,32,33)(H,37,38). The van der Waals surface area contributed by atoms with Crippen LogP contribution in [0, 0.1) is 5.92 Å². The van der Waals surface area contributed by atoms with Crippen LogP contribution in [0.4, 0.5) is 0 Å². The minimum atomic E-state index is -1.26. The first-order valence-corrected chi connectivity index (χ1v) is 12.8. The molecule has 212 valence electrons. The Labute approximate surface area is 222 Å². The second-order valence-corrected chi connectivity index (χ2v) is 9.66. The van der Waals surface area contributed by atoms with Gasteiger partial charge in [0.25, 0.3) is 0 Å². The summed E-state index contributed by atoms with van der Waals surface area (Å²) in [5.41, 5.74) is 12.3. The van der Waals surface area contributed by atoms with Gasteiger partial charge in [0, 0.05) is 6.42 Å². The van der Waals surface area contributed by atoms with Crippen LogP contribution in [0.15, 0.2) is 30.3 Å². The number of amides is 3. The van der Waals surface area contributed by atoms with E-state index in [1.165, 1.54) is 0 Å². The first-order valence-electron chi connectivity index (χ1n) is 12.8. The van der Waals surface area contributed by atoms with Gasteiger partial charge in [-0.05, 0) is 56.6 Å². The number of carboxylic acid groups (broad SMARTS) is 2. The Bertz CT molecular complexity index is 926. The van der Waals surface area contributed by atoms with Gasteiger partial charge in [-0.15, -0.1) is 0 Å². The summed E-state index contributed by atoms with van der Waals surface area (Å²) in [6.07, 6.45) is 1.05. The lowest BCUT2D eigenvalue weighted by molar-refractivity contribution is -0.142. The third kappa shape index (κ3) is 12.6. The molecule has 0 heterocycles. The van der Waals surface area contributed by atoms with Gasteiger partial charge in [0.2, 0.25) is 17.7 Å². The van der Waals surface area contributed by atoms with E-state index in [9.17, 15) is 29.1 Å². The molecule has 12 heteroatoms. The fourth-order valence-corrected chi connectivity index (χ4v) is 3.77. The molecule has 1 aromatic carbocycles. The largest absolute Gasteiger partial charge is 0.481 e. The number of rotatable bonds is 18. The number of nitrogens with two attached hydrogens (primary N) is 2. The number of carbonyl (C=O) groups is 5. The second kappa shape index (κ2) is 17.1. The van der Waals surface area contributed by atoms with Crippen molar-refractivity contribution in [3.8, 4) is 0 Å². The molecule has 0 spiro atoms. The fraction of sp³-hybridized carbons (Fsp3) is 0.577. The lowest BCUT2D eigenvalue weighted by atomic mass is 10.0. The molecule has 38 heavy (non-hydrogen) atoms. The van der Waals surface area contributed by atoms with E-state index in [0.717, 1.165) is 5.56 Å². The van der Waals surface area contributed by atoms with Crippen molar-refractivity contribution in [3.63, 3.8) is 0 Å². The van der Waals surface area contributed by atoms with Crippen molar-refractivity contribution >= 4 is 29.7 Å². The summed E-state index contributed by atoms with van der Waals surface area (Å²) in [4.78, 5) is 61.6. The summed E-state index contributed by atoms with van der Waals surface area (Å²) in [5.74, 6) is -4.50. The van der Waals surface area contributed by atoms with E-state index in [0.29, 0.717) is 19.4 Å². The minimum absolute atomic E-state index is 0.0436. The summed E-state index contributed by atoms with van der Waals surface area (Å²) < 4.78 is 0. The fourth-order valence-electron chi connectivity index (χ4n) is 3.77. The molecular formula is C26H41N5O7. The number of aliphatic carboxylic acids is 2. The van der Waals surface area contributed by atoms with Crippen LogP contribution in [0.5, 0.6) is 0 Å². The minimum Gasteiger partial charge on any atom is -0.481 e. The van der Waals surface area contributed by atoms with Gasteiger partial charge < -0.3 is 37.6 Å². The van der Waals surface area contributed by atoms with E-state index < -0.39 is 60.2 Å². The Hall–Kier alpha value is -3.51. The number of hydrogen-bond acceptors (Lipinski definition) is 7. The zero-order valence-electron chi connectivity index (χ0n) is 22.0. The second-order valence-electron chi connectivity index (χ2n) is 9.66. The lowest BCUT2D eigenvalue weighted by Crippen LogP contribution is -2.57. The van der Waals surface area contributed by atoms with E-state index in [2.05, 4.69) is 16.0 Å². The predicted octanol–water partition coefficient (Wildman–Crippen LogP) is 0.135. The molecule has 9 N–H and O–H groups in total. The van der Waals surface area contributed by atoms with Crippen molar-refractivity contribution in [2.24, 2.45) is 17.4 Å². The number of unbranched alkanes of at least 4 members (excludes halogenated alkanes) is 1. The van der Waals surface area contributed by atoms with Crippen molar-refractivity contribution in [2.75, 3.05) is 6.54 Å². The molecule has 3 amide bonds. The normalized spacial score (nSPS) is 14.1. The van der Waals surface area contributed by atoms with Gasteiger partial charge in [-0.3, -0.25) is 19.2 Å². The maximum Gasteiger partial charge on any atom is 0.326 e. The highest BCUT2D eigenvalue weighted by Gasteiger charge is 2.31. The van der Waals surface area contributed by atoms with E-state index in [4.69, 9.17) is 16.6 Å². The molecule has 0 saturated heterocycles. The molecule has 12 nitrogen and oxygen atoms in total. The van der Waals surface area contributed by atoms with E-state index in [-0.39, 0.29) is 31.6 Å². The van der Waals surface area contributed by atoms with Crippen LogP contribution >= 0.6 is 0 Å². The van der Waals surface area contributed by atoms with E-state index in [1.54, 1.807) is 24.3 Å². The molecule has 0 fully saturated rings.